The van der Waals surface area contributed by atoms with Crippen LogP contribution in [-0.4, -0.2) is 33.3 Å². The molecular weight excluding hydrogens is 354 g/mol. The highest BCUT2D eigenvalue weighted by Crippen LogP contribution is 2.25. The smallest absolute Gasteiger partial charge is 0.311 e. The van der Waals surface area contributed by atoms with Crippen LogP contribution in [0, 0.1) is 18.2 Å². The number of rotatable bonds is 8. The van der Waals surface area contributed by atoms with Crippen molar-refractivity contribution < 1.29 is 14.2 Å². The third-order valence-electron chi connectivity index (χ3n) is 5.70. The van der Waals surface area contributed by atoms with Gasteiger partial charge >= 0.3 is 7.48 Å². The van der Waals surface area contributed by atoms with E-state index in [9.17, 15) is 9.50 Å². The lowest BCUT2D eigenvalue weighted by molar-refractivity contribution is -0.0893. The first-order chi connectivity index (χ1) is 12.7. The van der Waals surface area contributed by atoms with Gasteiger partial charge in [-0.3, -0.25) is 0 Å². The Bertz CT molecular complexity index is 817. The van der Waals surface area contributed by atoms with E-state index < -0.39 is 11.2 Å². The summed E-state index contributed by atoms with van der Waals surface area (Å²) in [4.78, 5) is 4.57. The Morgan fingerprint density at radius 3 is 2.32 bits per heavy atom. The molecule has 1 heterocycles. The second-order valence-electron chi connectivity index (χ2n) is 10.1. The number of aromatic nitrogens is 2. The standard InChI is InChI=1S/C22H36BFN2O2/c1-15-25-18-14-16(24)13-17(23-28-22(7,8)21(5,6)27)19(18)26(15)12-10-9-11-20(2,3)4/h13-14,23,27H,9-12H2,1-8H3. The molecule has 28 heavy (non-hydrogen) atoms. The van der Waals surface area contributed by atoms with Crippen molar-refractivity contribution in [1.82, 2.24) is 9.55 Å². The van der Waals surface area contributed by atoms with Gasteiger partial charge in [0.2, 0.25) is 0 Å². The molecule has 4 nitrogen and oxygen atoms in total. The minimum Gasteiger partial charge on any atom is -0.427 e. The molecule has 0 unspecified atom stereocenters. The van der Waals surface area contributed by atoms with Gasteiger partial charge in [-0.1, -0.05) is 27.2 Å². The number of hydrogen-bond donors (Lipinski definition) is 1. The monoisotopic (exact) mass is 390 g/mol. The largest absolute Gasteiger partial charge is 0.427 e. The highest BCUT2D eigenvalue weighted by molar-refractivity contribution is 6.51. The molecule has 2 rings (SSSR count). The number of halogens is 1. The lowest BCUT2D eigenvalue weighted by Crippen LogP contribution is -2.49. The fraction of sp³-hybridized carbons (Fsp3) is 0.682. The third kappa shape index (κ3) is 5.57. The number of imidazole rings is 1. The average molecular weight is 390 g/mol. The number of hydrogen-bond acceptors (Lipinski definition) is 3. The van der Waals surface area contributed by atoms with Gasteiger partial charge in [-0.05, 0) is 64.4 Å². The predicted octanol–water partition coefficient (Wildman–Crippen LogP) is 4.24. The molecule has 0 spiro atoms. The van der Waals surface area contributed by atoms with Gasteiger partial charge < -0.3 is 14.3 Å². The topological polar surface area (TPSA) is 47.3 Å². The van der Waals surface area contributed by atoms with Crippen molar-refractivity contribution in [2.24, 2.45) is 5.41 Å². The average Bonchev–Trinajstić information content (AvgIpc) is 2.82. The van der Waals surface area contributed by atoms with Crippen LogP contribution >= 0.6 is 0 Å². The molecule has 156 valence electrons. The summed E-state index contributed by atoms with van der Waals surface area (Å²) < 4.78 is 22.4. The Morgan fingerprint density at radius 2 is 1.75 bits per heavy atom. The van der Waals surface area contributed by atoms with E-state index in [2.05, 4.69) is 30.3 Å². The Hall–Kier alpha value is -1.40. The fourth-order valence-corrected chi connectivity index (χ4v) is 3.18. The van der Waals surface area contributed by atoms with Gasteiger partial charge in [0, 0.05) is 12.6 Å². The van der Waals surface area contributed by atoms with E-state index in [0.717, 1.165) is 36.2 Å². The molecule has 0 aliphatic carbocycles. The van der Waals surface area contributed by atoms with Crippen LogP contribution in [0.4, 0.5) is 4.39 Å². The van der Waals surface area contributed by atoms with Gasteiger partial charge in [-0.2, -0.15) is 0 Å². The van der Waals surface area contributed by atoms with Crippen molar-refractivity contribution in [3.05, 3.63) is 23.8 Å². The molecule has 0 saturated heterocycles. The second kappa shape index (κ2) is 8.15. The predicted molar refractivity (Wildman–Crippen MR) is 116 cm³/mol. The van der Waals surface area contributed by atoms with Crippen LogP contribution < -0.4 is 5.46 Å². The van der Waals surface area contributed by atoms with Crippen LogP contribution in [0.15, 0.2) is 12.1 Å². The van der Waals surface area contributed by atoms with Crippen LogP contribution in [0.5, 0.6) is 0 Å². The Balaban J connectivity index is 2.28. The van der Waals surface area contributed by atoms with E-state index in [-0.39, 0.29) is 13.3 Å². The summed E-state index contributed by atoms with van der Waals surface area (Å²) in [7, 11) is 0.221. The number of nitrogens with zero attached hydrogens (tertiary/aromatic N) is 2. The highest BCUT2D eigenvalue weighted by atomic mass is 19.1. The first kappa shape index (κ1) is 22.9. The molecule has 0 amide bonds. The van der Waals surface area contributed by atoms with Crippen molar-refractivity contribution >= 4 is 24.0 Å². The molecule has 0 saturated carbocycles. The maximum atomic E-state index is 14.2. The fourth-order valence-electron chi connectivity index (χ4n) is 3.18. The molecule has 0 radical (unpaired) electrons. The minimum atomic E-state index is -1.01. The summed E-state index contributed by atoms with van der Waals surface area (Å²) in [6, 6.07) is 3.01. The number of fused-ring (bicyclic) bond motifs is 1. The zero-order valence-corrected chi connectivity index (χ0v) is 18.8. The summed E-state index contributed by atoms with van der Waals surface area (Å²) in [6.07, 6.45) is 3.36. The molecule has 0 fully saturated rings. The van der Waals surface area contributed by atoms with Gasteiger partial charge in [-0.15, -0.1) is 0 Å². The molecule has 0 aliphatic rings. The summed E-state index contributed by atoms with van der Waals surface area (Å²) >= 11 is 0. The number of aliphatic hydroxyl groups is 1. The maximum Gasteiger partial charge on any atom is 0.311 e. The summed E-state index contributed by atoms with van der Waals surface area (Å²) in [6.45, 7) is 16.7. The molecular formula is C22H36BFN2O2. The van der Waals surface area contributed by atoms with E-state index >= 15 is 0 Å². The van der Waals surface area contributed by atoms with Crippen LogP contribution in [0.3, 0.4) is 0 Å². The van der Waals surface area contributed by atoms with E-state index in [1.807, 2.05) is 20.8 Å². The van der Waals surface area contributed by atoms with Gasteiger partial charge in [0.25, 0.3) is 0 Å². The SMILES string of the molecule is Cc1nc2cc(F)cc(BOC(C)(C)C(C)(C)O)c2n1CCCCC(C)(C)C. The first-order valence-electron chi connectivity index (χ1n) is 10.2. The van der Waals surface area contributed by atoms with Crippen LogP contribution in [-0.2, 0) is 11.2 Å². The Labute approximate surface area is 169 Å². The molecule has 1 N–H and O–H groups in total. The quantitative estimate of drug-likeness (QED) is 0.542. The lowest BCUT2D eigenvalue weighted by Gasteiger charge is -2.37. The second-order valence-corrected chi connectivity index (χ2v) is 10.1. The molecule has 0 bridgehead atoms. The van der Waals surface area contributed by atoms with Gasteiger partial charge in [0.05, 0.1) is 22.2 Å². The molecule has 1 aromatic carbocycles. The van der Waals surface area contributed by atoms with E-state index in [0.29, 0.717) is 10.9 Å². The van der Waals surface area contributed by atoms with E-state index in [4.69, 9.17) is 4.65 Å². The minimum absolute atomic E-state index is 0.221. The maximum absolute atomic E-state index is 14.2. The summed E-state index contributed by atoms with van der Waals surface area (Å²) in [5.41, 5.74) is 0.912. The molecule has 0 atom stereocenters. The number of aryl methyl sites for hydroxylation is 2. The zero-order valence-electron chi connectivity index (χ0n) is 18.8. The molecule has 0 aliphatic heterocycles. The van der Waals surface area contributed by atoms with Gasteiger partial charge in [0.15, 0.2) is 0 Å². The molecule has 2 aromatic rings. The van der Waals surface area contributed by atoms with Crippen molar-refractivity contribution in [2.45, 2.75) is 92.4 Å². The number of unbranched alkanes of at least 4 members (excludes halogenated alkanes) is 1. The van der Waals surface area contributed by atoms with Crippen molar-refractivity contribution in [2.75, 3.05) is 0 Å². The Morgan fingerprint density at radius 1 is 1.11 bits per heavy atom. The van der Waals surface area contributed by atoms with Crippen LogP contribution in [0.2, 0.25) is 0 Å². The van der Waals surface area contributed by atoms with Crippen molar-refractivity contribution in [3.63, 3.8) is 0 Å². The summed E-state index contributed by atoms with van der Waals surface area (Å²) in [5.74, 6) is 0.573. The highest BCUT2D eigenvalue weighted by Gasteiger charge is 2.36. The van der Waals surface area contributed by atoms with Crippen molar-refractivity contribution in [1.29, 1.82) is 0 Å². The number of benzene rings is 1. The third-order valence-corrected chi connectivity index (χ3v) is 5.70. The summed E-state index contributed by atoms with van der Waals surface area (Å²) in [5, 5.41) is 10.3. The zero-order chi connectivity index (χ0) is 21.3. The van der Waals surface area contributed by atoms with Crippen LogP contribution in [0.25, 0.3) is 11.0 Å². The van der Waals surface area contributed by atoms with Crippen LogP contribution in [0.1, 0.15) is 73.6 Å². The normalized spacial score (nSPS) is 13.4. The van der Waals surface area contributed by atoms with E-state index in [1.165, 1.54) is 18.6 Å². The first-order valence-corrected chi connectivity index (χ1v) is 10.2. The van der Waals surface area contributed by atoms with E-state index in [1.54, 1.807) is 13.8 Å². The molecule has 1 aromatic heterocycles. The van der Waals surface area contributed by atoms with Crippen molar-refractivity contribution in [3.8, 4) is 0 Å². The molecule has 6 heteroatoms. The van der Waals surface area contributed by atoms with Gasteiger partial charge in [-0.25, -0.2) is 9.37 Å². The Kier molecular flexibility index (Phi) is 6.66. The lowest BCUT2D eigenvalue weighted by atomic mass is 9.82. The van der Waals surface area contributed by atoms with Gasteiger partial charge in [0.1, 0.15) is 11.6 Å².